The van der Waals surface area contributed by atoms with Crippen LogP contribution in [0, 0.1) is 11.8 Å². The fourth-order valence-electron chi connectivity index (χ4n) is 5.19. The highest BCUT2D eigenvalue weighted by Crippen LogP contribution is 2.47. The highest BCUT2D eigenvalue weighted by molar-refractivity contribution is 5.89. The first kappa shape index (κ1) is 15.9. The zero-order valence-electron chi connectivity index (χ0n) is 15.2. The third-order valence-electron chi connectivity index (χ3n) is 6.54. The Kier molecular flexibility index (Phi) is 3.60. The second-order valence-electron chi connectivity index (χ2n) is 7.74. The number of hydrogen-bond acceptors (Lipinski definition) is 4. The van der Waals surface area contributed by atoms with Gasteiger partial charge in [0.05, 0.1) is 31.1 Å². The topological polar surface area (TPSA) is 54.6 Å². The van der Waals surface area contributed by atoms with Crippen molar-refractivity contribution < 1.29 is 17.1 Å². The number of nitrogens with zero attached hydrogens (tertiary/aromatic N) is 1. The van der Waals surface area contributed by atoms with Crippen molar-refractivity contribution >= 4 is 16.9 Å². The first-order valence-electron chi connectivity index (χ1n) is 9.44. The number of benzene rings is 1. The third kappa shape index (κ3) is 2.23. The molecule has 1 fully saturated rings. The summed E-state index contributed by atoms with van der Waals surface area (Å²) in [6.07, 6.45) is 3.77. The molecule has 5 heteroatoms. The van der Waals surface area contributed by atoms with Gasteiger partial charge in [-0.25, -0.2) is 4.79 Å². The molecule has 2 unspecified atom stereocenters. The average Bonchev–Trinajstić information content (AvgIpc) is 3.06. The Labute approximate surface area is 155 Å². The van der Waals surface area contributed by atoms with Crippen LogP contribution in [0.1, 0.15) is 33.5 Å². The first-order chi connectivity index (χ1) is 12.7. The molecule has 26 heavy (non-hydrogen) atoms. The van der Waals surface area contributed by atoms with Gasteiger partial charge in [-0.2, -0.15) is 0 Å². The molecule has 0 aliphatic carbocycles. The van der Waals surface area contributed by atoms with Gasteiger partial charge in [0, 0.05) is 44.4 Å². The summed E-state index contributed by atoms with van der Waals surface area (Å²) in [6, 6.07) is 8.88. The normalized spacial score (nSPS) is 30.6. The summed E-state index contributed by atoms with van der Waals surface area (Å²) in [5.74, 6) is 0.258. The molecule has 140 valence electrons. The van der Waals surface area contributed by atoms with Crippen molar-refractivity contribution in [1.29, 1.82) is 0 Å². The molecule has 3 aliphatic rings. The maximum absolute atomic E-state index is 12.3. The van der Waals surface area contributed by atoms with Gasteiger partial charge in [0.25, 0.3) is 0 Å². The molecular formula is C21H28N2O3. The molecule has 0 spiro atoms. The van der Waals surface area contributed by atoms with Crippen molar-refractivity contribution in [2.24, 2.45) is 11.8 Å². The average molecular weight is 356 g/mol. The van der Waals surface area contributed by atoms with Gasteiger partial charge in [-0.15, -0.1) is 0 Å². The van der Waals surface area contributed by atoms with E-state index in [1.165, 1.54) is 29.3 Å². The minimum Gasteiger partial charge on any atom is -0.497 e. The maximum atomic E-state index is 12.3. The van der Waals surface area contributed by atoms with Crippen molar-refractivity contribution in [2.75, 3.05) is 20.2 Å². The molecular weight excluding hydrogens is 328 g/mol. The maximum Gasteiger partial charge on any atom is 0.337 e. The van der Waals surface area contributed by atoms with E-state index in [0.29, 0.717) is 17.5 Å². The van der Waals surface area contributed by atoms with Gasteiger partial charge in [0.2, 0.25) is 0 Å². The minimum absolute atomic E-state index is 0. The number of carbonyl (C=O) groups excluding carboxylic acids is 1. The van der Waals surface area contributed by atoms with Gasteiger partial charge >= 0.3 is 5.97 Å². The second kappa shape index (κ2) is 5.88. The lowest BCUT2D eigenvalue weighted by Crippen LogP contribution is -2.51. The first-order valence-corrected chi connectivity index (χ1v) is 9.44. The summed E-state index contributed by atoms with van der Waals surface area (Å²) >= 11 is 0. The molecule has 1 saturated heterocycles. The molecule has 1 aromatic carbocycles. The highest BCUT2D eigenvalue weighted by atomic mass is 16.5. The quantitative estimate of drug-likeness (QED) is 0.792. The number of rotatable bonds is 1. The van der Waals surface area contributed by atoms with Crippen LogP contribution in [0.5, 0.6) is 0 Å². The van der Waals surface area contributed by atoms with E-state index in [4.69, 9.17) is 9.47 Å². The number of fused-ring (bicyclic) bond motifs is 6. The Balaban J connectivity index is 0.00000112. The number of aromatic nitrogens is 1. The Morgan fingerprint density at radius 3 is 3.08 bits per heavy atom. The zero-order valence-corrected chi connectivity index (χ0v) is 15.2. The van der Waals surface area contributed by atoms with Crippen LogP contribution in [-0.2, 0) is 20.7 Å². The van der Waals surface area contributed by atoms with E-state index >= 15 is 0 Å². The predicted octanol–water partition coefficient (Wildman–Crippen LogP) is 3.67. The number of aromatic amines is 1. The van der Waals surface area contributed by atoms with Crippen LogP contribution in [0.15, 0.2) is 36.1 Å². The molecule has 2 aromatic rings. The van der Waals surface area contributed by atoms with E-state index in [-0.39, 0.29) is 20.8 Å². The molecule has 0 saturated carbocycles. The van der Waals surface area contributed by atoms with Crippen LogP contribution in [0.2, 0.25) is 0 Å². The Bertz CT molecular complexity index is 910. The molecule has 0 radical (unpaired) electrons. The van der Waals surface area contributed by atoms with Gasteiger partial charge in [-0.05, 0) is 31.4 Å². The van der Waals surface area contributed by atoms with Gasteiger partial charge in [-0.3, -0.25) is 4.90 Å². The van der Waals surface area contributed by atoms with E-state index in [1.54, 1.807) is 6.26 Å². The lowest BCUT2D eigenvalue weighted by atomic mass is 9.72. The summed E-state index contributed by atoms with van der Waals surface area (Å²) in [4.78, 5) is 18.5. The van der Waals surface area contributed by atoms with Crippen LogP contribution < -0.4 is 0 Å². The number of hydrogen-bond donors (Lipinski definition) is 1. The summed E-state index contributed by atoms with van der Waals surface area (Å²) in [5, 5.41) is 1.34. The summed E-state index contributed by atoms with van der Waals surface area (Å²) in [7, 11) is 1.45. The lowest BCUT2D eigenvalue weighted by molar-refractivity contribution is -0.139. The van der Waals surface area contributed by atoms with Gasteiger partial charge in [-0.1, -0.05) is 18.2 Å². The van der Waals surface area contributed by atoms with E-state index in [9.17, 15) is 4.79 Å². The highest BCUT2D eigenvalue weighted by Gasteiger charge is 2.46. The van der Waals surface area contributed by atoms with Crippen LogP contribution in [-0.4, -0.2) is 42.2 Å². The van der Waals surface area contributed by atoms with Crippen molar-refractivity contribution in [3.63, 3.8) is 0 Å². The van der Waals surface area contributed by atoms with Gasteiger partial charge in [0.15, 0.2) is 0 Å². The van der Waals surface area contributed by atoms with Crippen molar-refractivity contribution in [1.82, 2.24) is 9.88 Å². The standard InChI is InChI=1S/C21H24N2O3.2H2/c1-12-16-10-23-8-7-14-13-5-3-4-6-18(13)22-20(14)19(23)9-15(16)17(11-26-12)21(24)25-2;;/h3-6,11-12,15-16,19,22H,7-10H2,1-2H3;2*1H/t12-,15+,16?,19?;;/m0../s1. The van der Waals surface area contributed by atoms with E-state index in [0.717, 1.165) is 25.9 Å². The molecule has 3 aliphatic heterocycles. The number of ether oxygens (including phenoxy) is 2. The summed E-state index contributed by atoms with van der Waals surface area (Å²) in [5.41, 5.74) is 4.69. The third-order valence-corrected chi connectivity index (χ3v) is 6.54. The Hall–Kier alpha value is -2.27. The van der Waals surface area contributed by atoms with Crippen LogP contribution in [0.25, 0.3) is 10.9 Å². The zero-order chi connectivity index (χ0) is 17.8. The second-order valence-corrected chi connectivity index (χ2v) is 7.74. The van der Waals surface area contributed by atoms with Gasteiger partial charge < -0.3 is 14.5 Å². The fourth-order valence-corrected chi connectivity index (χ4v) is 5.19. The largest absolute Gasteiger partial charge is 0.497 e. The molecule has 5 rings (SSSR count). The smallest absolute Gasteiger partial charge is 0.337 e. The lowest BCUT2D eigenvalue weighted by Gasteiger charge is -2.49. The Morgan fingerprint density at radius 1 is 1.38 bits per heavy atom. The number of nitrogens with one attached hydrogen (secondary N) is 1. The molecule has 4 heterocycles. The Morgan fingerprint density at radius 2 is 2.23 bits per heavy atom. The number of piperidine rings is 1. The SMILES string of the molecule is COC(=O)C1=CO[C@@H](C)C2CN3CCc4c([nH]c5ccccc45)C3C[C@@H]12.[HH].[HH]. The van der Waals surface area contributed by atoms with Crippen molar-refractivity contribution in [2.45, 2.75) is 31.9 Å². The van der Waals surface area contributed by atoms with Crippen molar-refractivity contribution in [3.8, 4) is 0 Å². The number of para-hydroxylation sites is 1. The number of esters is 1. The molecule has 0 amide bonds. The van der Waals surface area contributed by atoms with Crippen molar-refractivity contribution in [3.05, 3.63) is 47.4 Å². The molecule has 0 bridgehead atoms. The van der Waals surface area contributed by atoms with E-state index < -0.39 is 0 Å². The molecule has 5 nitrogen and oxygen atoms in total. The number of carbonyl (C=O) groups is 1. The molecule has 1 N–H and O–H groups in total. The molecule has 4 atom stereocenters. The number of methoxy groups -OCH3 is 1. The van der Waals surface area contributed by atoms with E-state index in [1.807, 2.05) is 0 Å². The molecule has 1 aromatic heterocycles. The van der Waals surface area contributed by atoms with Crippen LogP contribution in [0.3, 0.4) is 0 Å². The summed E-state index contributed by atoms with van der Waals surface area (Å²) in [6.45, 7) is 4.13. The van der Waals surface area contributed by atoms with Gasteiger partial charge in [0.1, 0.15) is 0 Å². The number of H-pyrrole nitrogens is 1. The predicted molar refractivity (Wildman–Crippen MR) is 103 cm³/mol. The monoisotopic (exact) mass is 356 g/mol. The van der Waals surface area contributed by atoms with E-state index in [2.05, 4.69) is 41.1 Å². The summed E-state index contributed by atoms with van der Waals surface area (Å²) < 4.78 is 10.8. The van der Waals surface area contributed by atoms with Crippen LogP contribution >= 0.6 is 0 Å². The van der Waals surface area contributed by atoms with Crippen LogP contribution in [0.4, 0.5) is 0 Å². The fraction of sp³-hybridized carbons (Fsp3) is 0.476. The minimum atomic E-state index is -0.256.